The molecule has 0 bridgehead atoms. The lowest BCUT2D eigenvalue weighted by molar-refractivity contribution is 1.09. The zero-order chi connectivity index (χ0) is 15.7. The van der Waals surface area contributed by atoms with Gasteiger partial charge in [-0.05, 0) is 0 Å². The number of hydrogen-bond acceptors (Lipinski definition) is 8. The van der Waals surface area contributed by atoms with Crippen molar-refractivity contribution in [2.45, 2.75) is 0 Å². The van der Waals surface area contributed by atoms with E-state index in [0.717, 1.165) is 0 Å². The molecule has 0 aromatic carbocycles. The van der Waals surface area contributed by atoms with Crippen LogP contribution in [0.3, 0.4) is 0 Å². The zero-order valence-electron chi connectivity index (χ0n) is 10.9. The number of aromatic nitrogens is 8. The number of nitrogens with zero attached hydrogens (tertiary/aromatic N) is 4. The van der Waals surface area contributed by atoms with Gasteiger partial charge in [-0.25, -0.2) is 4.98 Å². The summed E-state index contributed by atoms with van der Waals surface area (Å²) in [5, 5.41) is 6.60. The number of nitrogen functional groups attached to an aromatic ring is 2. The molecule has 0 aliphatic heterocycles. The molecule has 0 aliphatic rings. The van der Waals surface area contributed by atoms with E-state index in [4.69, 9.17) is 11.5 Å². The van der Waals surface area contributed by atoms with Crippen LogP contribution in [-0.4, -0.2) is 40.1 Å². The Morgan fingerprint density at radius 1 is 1.00 bits per heavy atom. The van der Waals surface area contributed by atoms with Crippen LogP contribution < -0.4 is 22.6 Å². The molecule has 22 heavy (non-hydrogen) atoms. The van der Waals surface area contributed by atoms with Crippen LogP contribution in [0.15, 0.2) is 22.1 Å². The van der Waals surface area contributed by atoms with Crippen molar-refractivity contribution in [1.29, 1.82) is 0 Å². The van der Waals surface area contributed by atoms with Gasteiger partial charge in [0.1, 0.15) is 5.39 Å². The van der Waals surface area contributed by atoms with E-state index in [1.807, 2.05) is 0 Å². The van der Waals surface area contributed by atoms with Crippen LogP contribution in [-0.2, 0) is 0 Å². The fourth-order valence-electron chi connectivity index (χ4n) is 1.72. The van der Waals surface area contributed by atoms with Crippen LogP contribution in [0.5, 0.6) is 0 Å². The van der Waals surface area contributed by atoms with Gasteiger partial charge in [0.15, 0.2) is 16.8 Å². The lowest BCUT2D eigenvalue weighted by Gasteiger charge is -1.89. The molecule has 4 aromatic rings. The number of aromatic amines is 4. The van der Waals surface area contributed by atoms with Crippen molar-refractivity contribution in [2.75, 3.05) is 11.5 Å². The van der Waals surface area contributed by atoms with E-state index < -0.39 is 0 Å². The Kier molecular flexibility index (Phi) is 3.02. The molecule has 0 radical (unpaired) electrons. The number of H-pyrrole nitrogens is 4. The largest absolute Gasteiger partial charge is 0.369 e. The van der Waals surface area contributed by atoms with E-state index in [2.05, 4.69) is 40.1 Å². The van der Waals surface area contributed by atoms with Crippen LogP contribution in [0.25, 0.3) is 22.2 Å². The zero-order valence-corrected chi connectivity index (χ0v) is 10.9. The van der Waals surface area contributed by atoms with E-state index in [9.17, 15) is 9.59 Å². The second-order valence-corrected chi connectivity index (χ2v) is 4.14. The molecule has 0 unspecified atom stereocenters. The predicted molar refractivity (Wildman–Crippen MR) is 77.8 cm³/mol. The summed E-state index contributed by atoms with van der Waals surface area (Å²) in [5.74, 6) is 0.168. The third-order valence-electron chi connectivity index (χ3n) is 2.65. The minimum absolute atomic E-state index is 0.0783. The second kappa shape index (κ2) is 5.01. The molecule has 8 N–H and O–H groups in total. The number of fused-ring (bicyclic) bond motifs is 2. The molecular weight excluding hydrogens is 292 g/mol. The number of rotatable bonds is 0. The van der Waals surface area contributed by atoms with E-state index >= 15 is 0 Å². The molecule has 0 aliphatic carbocycles. The molecule has 0 spiro atoms. The molecular formula is C10H10N10O2. The average molecular weight is 302 g/mol. The van der Waals surface area contributed by atoms with Crippen molar-refractivity contribution >= 4 is 34.1 Å². The van der Waals surface area contributed by atoms with Gasteiger partial charge in [-0.2, -0.15) is 15.1 Å². The van der Waals surface area contributed by atoms with Gasteiger partial charge in [0.2, 0.25) is 11.9 Å². The number of hydrogen-bond donors (Lipinski definition) is 6. The summed E-state index contributed by atoms with van der Waals surface area (Å²) >= 11 is 0. The predicted octanol–water partition coefficient (Wildman–Crippen LogP) is -1.54. The summed E-state index contributed by atoms with van der Waals surface area (Å²) in [4.78, 5) is 40.7. The molecule has 112 valence electrons. The number of nitrogens with two attached hydrogens (primary N) is 2. The van der Waals surface area contributed by atoms with E-state index in [0.29, 0.717) is 22.2 Å². The highest BCUT2D eigenvalue weighted by Gasteiger charge is 2.02. The smallest absolute Gasteiger partial charge is 0.278 e. The van der Waals surface area contributed by atoms with Gasteiger partial charge in [-0.1, -0.05) is 0 Å². The highest BCUT2D eigenvalue weighted by molar-refractivity contribution is 5.73. The average Bonchev–Trinajstić information content (AvgIpc) is 3.07. The van der Waals surface area contributed by atoms with Crippen LogP contribution in [0.1, 0.15) is 0 Å². The van der Waals surface area contributed by atoms with Crippen LogP contribution in [0, 0.1) is 0 Å². The van der Waals surface area contributed by atoms with E-state index in [1.54, 1.807) is 0 Å². The van der Waals surface area contributed by atoms with Gasteiger partial charge in [-0.15, -0.1) is 0 Å². The summed E-state index contributed by atoms with van der Waals surface area (Å²) in [6, 6.07) is 0. The van der Waals surface area contributed by atoms with Crippen molar-refractivity contribution in [1.82, 2.24) is 40.1 Å². The summed E-state index contributed by atoms with van der Waals surface area (Å²) in [7, 11) is 0. The van der Waals surface area contributed by atoms with Gasteiger partial charge < -0.3 is 16.5 Å². The first-order valence-electron chi connectivity index (χ1n) is 5.92. The monoisotopic (exact) mass is 302 g/mol. The third kappa shape index (κ3) is 2.35. The molecule has 12 nitrogen and oxygen atoms in total. The Morgan fingerprint density at radius 2 is 1.73 bits per heavy atom. The quantitative estimate of drug-likeness (QED) is 0.224. The summed E-state index contributed by atoms with van der Waals surface area (Å²) in [6.45, 7) is 0. The topological polar surface area (TPSA) is 201 Å². The summed E-state index contributed by atoms with van der Waals surface area (Å²) < 4.78 is 0. The summed E-state index contributed by atoms with van der Waals surface area (Å²) in [6.07, 6.45) is 2.80. The minimum atomic E-state index is -0.301. The maximum atomic E-state index is 11.0. The molecule has 4 rings (SSSR count). The molecule has 4 aromatic heterocycles. The molecule has 12 heteroatoms. The van der Waals surface area contributed by atoms with E-state index in [-0.39, 0.29) is 23.0 Å². The van der Waals surface area contributed by atoms with Gasteiger partial charge in [0.25, 0.3) is 11.1 Å². The maximum absolute atomic E-state index is 11.0. The minimum Gasteiger partial charge on any atom is -0.369 e. The molecule has 0 fully saturated rings. The summed E-state index contributed by atoms with van der Waals surface area (Å²) in [5.41, 5.74) is 11.0. The molecule has 0 atom stereocenters. The van der Waals surface area contributed by atoms with Crippen LogP contribution in [0.4, 0.5) is 11.9 Å². The first-order chi connectivity index (χ1) is 10.5. The Morgan fingerprint density at radius 3 is 2.55 bits per heavy atom. The lowest BCUT2D eigenvalue weighted by atomic mass is 10.4. The number of imidazole rings is 1. The van der Waals surface area contributed by atoms with Crippen molar-refractivity contribution in [3.8, 4) is 0 Å². The van der Waals surface area contributed by atoms with Gasteiger partial charge >= 0.3 is 0 Å². The van der Waals surface area contributed by atoms with E-state index in [1.165, 1.54) is 12.5 Å². The first kappa shape index (κ1) is 13.3. The second-order valence-electron chi connectivity index (χ2n) is 4.14. The van der Waals surface area contributed by atoms with Crippen LogP contribution >= 0.6 is 0 Å². The first-order valence-corrected chi connectivity index (χ1v) is 5.92. The lowest BCUT2D eigenvalue weighted by Crippen LogP contribution is -2.10. The maximum Gasteiger partial charge on any atom is 0.278 e. The Bertz CT molecular complexity index is 969. The van der Waals surface area contributed by atoms with Crippen molar-refractivity contribution in [3.63, 3.8) is 0 Å². The van der Waals surface area contributed by atoms with Crippen molar-refractivity contribution in [3.05, 3.63) is 33.2 Å². The Balaban J connectivity index is 0.000000131. The molecule has 0 saturated carbocycles. The Labute approximate surface area is 120 Å². The van der Waals surface area contributed by atoms with Crippen molar-refractivity contribution < 1.29 is 0 Å². The Hall–Kier alpha value is -3.70. The van der Waals surface area contributed by atoms with Crippen LogP contribution in [0.2, 0.25) is 0 Å². The van der Waals surface area contributed by atoms with Gasteiger partial charge in [0.05, 0.1) is 12.5 Å². The highest BCUT2D eigenvalue weighted by atomic mass is 16.1. The van der Waals surface area contributed by atoms with Gasteiger partial charge in [-0.3, -0.25) is 24.7 Å². The van der Waals surface area contributed by atoms with Gasteiger partial charge in [0, 0.05) is 0 Å². The fraction of sp³-hybridized carbons (Fsp3) is 0. The van der Waals surface area contributed by atoms with Crippen molar-refractivity contribution in [2.24, 2.45) is 0 Å². The standard InChI is InChI=1S/2C5H5N5O/c6-5-9-3-2(4(11)10-5)7-1-8-3;6-5-8-3-2(1-7-10-3)4(11)9-5/h2*1H,(H4,6,7,8,9,10,11). The SMILES string of the molecule is Nc1nc2[nH]ncc2c(=O)[nH]1.Nc1nc2nc[nH]c2c(=O)[nH]1. The highest BCUT2D eigenvalue weighted by Crippen LogP contribution is 2.00. The molecule has 0 amide bonds. The fourth-order valence-corrected chi connectivity index (χ4v) is 1.72. The number of nitrogens with one attached hydrogen (secondary N) is 4. The molecule has 4 heterocycles. The third-order valence-corrected chi connectivity index (χ3v) is 2.65. The normalized spacial score (nSPS) is 10.5. The molecule has 0 saturated heterocycles. The number of anilines is 2.